The molecule has 0 aromatic rings. The van der Waals surface area contributed by atoms with Gasteiger partial charge in [0.05, 0.1) is 5.92 Å². The Labute approximate surface area is 101 Å². The normalized spacial score (nSPS) is 31.7. The first-order chi connectivity index (χ1) is 7.79. The summed E-state index contributed by atoms with van der Waals surface area (Å²) in [4.78, 5) is 24.3. The fraction of sp³-hybridized carbons (Fsp3) is 0.833. The van der Waals surface area contributed by atoms with Gasteiger partial charge < -0.3 is 14.7 Å². The minimum absolute atomic E-state index is 0.0750. The van der Waals surface area contributed by atoms with E-state index in [4.69, 9.17) is 9.84 Å². The van der Waals surface area contributed by atoms with Crippen molar-refractivity contribution in [3.05, 3.63) is 0 Å². The van der Waals surface area contributed by atoms with E-state index >= 15 is 0 Å². The number of carboxylic acids is 1. The van der Waals surface area contributed by atoms with E-state index in [9.17, 15) is 9.59 Å². The van der Waals surface area contributed by atoms with Gasteiger partial charge in [0.15, 0.2) is 0 Å². The number of rotatable bonds is 2. The van der Waals surface area contributed by atoms with Crippen molar-refractivity contribution in [1.29, 1.82) is 0 Å². The van der Waals surface area contributed by atoms with Crippen molar-refractivity contribution in [1.82, 2.24) is 4.90 Å². The highest BCUT2D eigenvalue weighted by Gasteiger charge is 2.53. The first-order valence-electron chi connectivity index (χ1n) is 6.02. The number of carbonyl (C=O) groups is 2. The summed E-state index contributed by atoms with van der Waals surface area (Å²) in [6.45, 7) is 6.17. The van der Waals surface area contributed by atoms with Crippen LogP contribution >= 0.6 is 0 Å². The van der Waals surface area contributed by atoms with Crippen LogP contribution in [0.25, 0.3) is 0 Å². The Morgan fingerprint density at radius 1 is 1.35 bits per heavy atom. The summed E-state index contributed by atoms with van der Waals surface area (Å²) in [5, 5.41) is 8.87. The molecule has 96 valence electrons. The molecule has 1 saturated heterocycles. The van der Waals surface area contributed by atoms with Crippen LogP contribution in [-0.2, 0) is 9.53 Å². The minimum Gasteiger partial charge on any atom is -0.481 e. The van der Waals surface area contributed by atoms with Crippen LogP contribution in [0.1, 0.15) is 33.6 Å². The Kier molecular flexibility index (Phi) is 2.79. The van der Waals surface area contributed by atoms with Gasteiger partial charge in [-0.3, -0.25) is 4.79 Å². The molecule has 5 heteroatoms. The third-order valence-electron chi connectivity index (χ3n) is 3.35. The maximum absolute atomic E-state index is 11.8. The number of hydrogen-bond donors (Lipinski definition) is 1. The Morgan fingerprint density at radius 3 is 2.35 bits per heavy atom. The summed E-state index contributed by atoms with van der Waals surface area (Å²) >= 11 is 0. The van der Waals surface area contributed by atoms with Crippen molar-refractivity contribution >= 4 is 12.1 Å². The van der Waals surface area contributed by atoms with Gasteiger partial charge in [0.2, 0.25) is 0 Å². The number of aliphatic carboxylic acids is 1. The number of nitrogens with zero attached hydrogens (tertiary/aromatic N) is 1. The molecule has 1 saturated carbocycles. The Balaban J connectivity index is 1.88. The molecule has 1 N–H and O–H groups in total. The molecule has 0 radical (unpaired) electrons. The summed E-state index contributed by atoms with van der Waals surface area (Å²) < 4.78 is 5.29. The van der Waals surface area contributed by atoms with Crippen molar-refractivity contribution in [2.45, 2.75) is 45.3 Å². The van der Waals surface area contributed by atoms with Crippen LogP contribution in [0.2, 0.25) is 0 Å². The molecule has 3 unspecified atom stereocenters. The second-order valence-electron chi connectivity index (χ2n) is 5.87. The van der Waals surface area contributed by atoms with E-state index in [0.717, 1.165) is 6.42 Å². The average Bonchev–Trinajstić information content (AvgIpc) is 2.77. The number of ether oxygens (including phenoxy) is 1. The number of carboxylic acid groups (broad SMARTS) is 1. The SMILES string of the molecule is CC(C)(C)OC(=O)N1CCC1C1CC1C(=O)O. The third kappa shape index (κ3) is 2.53. The van der Waals surface area contributed by atoms with E-state index < -0.39 is 11.6 Å². The average molecular weight is 241 g/mol. The van der Waals surface area contributed by atoms with Crippen molar-refractivity contribution in [3.8, 4) is 0 Å². The molecule has 1 aliphatic carbocycles. The molecule has 1 aliphatic heterocycles. The summed E-state index contributed by atoms with van der Waals surface area (Å²) in [6.07, 6.45) is 1.28. The Morgan fingerprint density at radius 2 is 2.00 bits per heavy atom. The standard InChI is InChI=1S/C12H19NO4/c1-12(2,3)17-11(16)13-5-4-9(13)7-6-8(7)10(14)15/h7-9H,4-6H2,1-3H3,(H,14,15). The van der Waals surface area contributed by atoms with E-state index in [1.165, 1.54) is 0 Å². The Hall–Kier alpha value is -1.26. The van der Waals surface area contributed by atoms with E-state index in [1.54, 1.807) is 4.90 Å². The van der Waals surface area contributed by atoms with Crippen LogP contribution in [0.3, 0.4) is 0 Å². The van der Waals surface area contributed by atoms with Gasteiger partial charge in [-0.2, -0.15) is 0 Å². The minimum atomic E-state index is -0.744. The van der Waals surface area contributed by atoms with Gasteiger partial charge >= 0.3 is 12.1 Å². The maximum atomic E-state index is 11.8. The van der Waals surface area contributed by atoms with E-state index in [2.05, 4.69) is 0 Å². The fourth-order valence-corrected chi connectivity index (χ4v) is 2.32. The van der Waals surface area contributed by atoms with Crippen LogP contribution in [0.15, 0.2) is 0 Å². The molecule has 0 aromatic heterocycles. The first kappa shape index (κ1) is 12.2. The summed E-state index contributed by atoms with van der Waals surface area (Å²) in [6, 6.07) is 0.0750. The summed E-state index contributed by atoms with van der Waals surface area (Å²) in [5.74, 6) is -0.870. The van der Waals surface area contributed by atoms with E-state index in [-0.39, 0.29) is 24.0 Å². The summed E-state index contributed by atoms with van der Waals surface area (Å²) in [5.41, 5.74) is -0.493. The van der Waals surface area contributed by atoms with Crippen LogP contribution in [0.5, 0.6) is 0 Å². The van der Waals surface area contributed by atoms with Crippen LogP contribution in [-0.4, -0.2) is 40.3 Å². The number of carbonyl (C=O) groups excluding carboxylic acids is 1. The lowest BCUT2D eigenvalue weighted by molar-refractivity contribution is -0.139. The monoisotopic (exact) mass is 241 g/mol. The predicted molar refractivity (Wildman–Crippen MR) is 60.6 cm³/mol. The van der Waals surface area contributed by atoms with E-state index in [1.807, 2.05) is 20.8 Å². The Bertz CT molecular complexity index is 347. The molecule has 1 heterocycles. The van der Waals surface area contributed by atoms with Crippen molar-refractivity contribution < 1.29 is 19.4 Å². The number of hydrogen-bond acceptors (Lipinski definition) is 3. The maximum Gasteiger partial charge on any atom is 0.410 e. The highest BCUT2D eigenvalue weighted by molar-refractivity contribution is 5.75. The van der Waals surface area contributed by atoms with Gasteiger partial charge in [-0.15, -0.1) is 0 Å². The van der Waals surface area contributed by atoms with Gasteiger partial charge in [-0.05, 0) is 39.5 Å². The van der Waals surface area contributed by atoms with Crippen molar-refractivity contribution in [2.75, 3.05) is 6.54 Å². The largest absolute Gasteiger partial charge is 0.481 e. The molecule has 3 atom stereocenters. The topological polar surface area (TPSA) is 66.8 Å². The number of amides is 1. The molecular formula is C12H19NO4. The van der Waals surface area contributed by atoms with Gasteiger partial charge in [-0.1, -0.05) is 0 Å². The van der Waals surface area contributed by atoms with Gasteiger partial charge in [0.25, 0.3) is 0 Å². The smallest absolute Gasteiger partial charge is 0.410 e. The third-order valence-corrected chi connectivity index (χ3v) is 3.35. The zero-order valence-corrected chi connectivity index (χ0v) is 10.5. The lowest BCUT2D eigenvalue weighted by atomic mass is 9.97. The van der Waals surface area contributed by atoms with Crippen LogP contribution < -0.4 is 0 Å². The highest BCUT2D eigenvalue weighted by Crippen LogP contribution is 2.47. The first-order valence-corrected chi connectivity index (χ1v) is 6.02. The fourth-order valence-electron chi connectivity index (χ4n) is 2.32. The second-order valence-corrected chi connectivity index (χ2v) is 5.87. The molecule has 17 heavy (non-hydrogen) atoms. The predicted octanol–water partition coefficient (Wildman–Crippen LogP) is 1.72. The molecule has 2 aliphatic rings. The molecule has 0 aromatic carbocycles. The molecule has 2 fully saturated rings. The molecule has 0 bridgehead atoms. The molecule has 5 nitrogen and oxygen atoms in total. The zero-order chi connectivity index (χ0) is 12.8. The van der Waals surface area contributed by atoms with Crippen molar-refractivity contribution in [3.63, 3.8) is 0 Å². The summed E-state index contributed by atoms with van der Waals surface area (Å²) in [7, 11) is 0. The van der Waals surface area contributed by atoms with Gasteiger partial charge in [0, 0.05) is 12.6 Å². The highest BCUT2D eigenvalue weighted by atomic mass is 16.6. The zero-order valence-electron chi connectivity index (χ0n) is 10.5. The van der Waals surface area contributed by atoms with Gasteiger partial charge in [-0.25, -0.2) is 4.79 Å². The molecule has 0 spiro atoms. The van der Waals surface area contributed by atoms with Crippen LogP contribution in [0.4, 0.5) is 4.79 Å². The van der Waals surface area contributed by atoms with E-state index in [0.29, 0.717) is 13.0 Å². The molecular weight excluding hydrogens is 222 g/mol. The van der Waals surface area contributed by atoms with Crippen molar-refractivity contribution in [2.24, 2.45) is 11.8 Å². The molecule has 1 amide bonds. The second kappa shape index (κ2) is 3.89. The van der Waals surface area contributed by atoms with Crippen LogP contribution in [0, 0.1) is 11.8 Å². The quantitative estimate of drug-likeness (QED) is 0.799. The number of likely N-dealkylation sites (tertiary alicyclic amines) is 1. The lowest BCUT2D eigenvalue weighted by Gasteiger charge is -2.41. The molecule has 2 rings (SSSR count). The van der Waals surface area contributed by atoms with Gasteiger partial charge in [0.1, 0.15) is 5.60 Å². The lowest BCUT2D eigenvalue weighted by Crippen LogP contribution is -2.54.